The maximum Gasteiger partial charge on any atom is 0.286 e. The normalized spacial score (nSPS) is 16.0. The number of rotatable bonds is 6. The Morgan fingerprint density at radius 3 is 2.00 bits per heavy atom. The van der Waals surface area contributed by atoms with E-state index in [0.29, 0.717) is 13.0 Å². The van der Waals surface area contributed by atoms with E-state index in [4.69, 9.17) is 4.74 Å². The van der Waals surface area contributed by atoms with Crippen LogP contribution in [0.15, 0.2) is 72.8 Å². The second kappa shape index (κ2) is 8.49. The van der Waals surface area contributed by atoms with Gasteiger partial charge in [0, 0.05) is 0 Å². The molecular weight excluding hydrogens is 389 g/mol. The van der Waals surface area contributed by atoms with Crippen LogP contribution in [0.1, 0.15) is 11.1 Å². The minimum absolute atomic E-state index is 0.232. The summed E-state index contributed by atoms with van der Waals surface area (Å²) < 4.78 is 18.9. The fraction of sp³-hybridized carbons (Fsp3) is 0.130. The first-order chi connectivity index (χ1) is 14.1. The van der Waals surface area contributed by atoms with Crippen LogP contribution in [-0.4, -0.2) is 16.4 Å². The van der Waals surface area contributed by atoms with Crippen LogP contribution < -0.4 is 10.1 Å². The van der Waals surface area contributed by atoms with E-state index in [0.717, 1.165) is 39.8 Å². The number of benzene rings is 3. The summed E-state index contributed by atoms with van der Waals surface area (Å²) in [6, 6.07) is 21.9. The van der Waals surface area contributed by atoms with Gasteiger partial charge in [-0.05, 0) is 52.9 Å². The summed E-state index contributed by atoms with van der Waals surface area (Å²) in [4.78, 5) is 22.9. The van der Waals surface area contributed by atoms with Gasteiger partial charge in [0.25, 0.3) is 5.24 Å². The van der Waals surface area contributed by atoms with Gasteiger partial charge in [0.15, 0.2) is 0 Å². The average molecular weight is 407 g/mol. The van der Waals surface area contributed by atoms with E-state index in [2.05, 4.69) is 5.32 Å². The SMILES string of the molecule is O=C1NC(=O)C(Cc2ccc(OCc3ccc(-c4ccc(F)cc4)cc3)cc2)S1. The molecule has 4 rings (SSSR count). The highest BCUT2D eigenvalue weighted by Gasteiger charge is 2.31. The molecular formula is C23H18FNO3S. The Morgan fingerprint density at radius 2 is 1.41 bits per heavy atom. The summed E-state index contributed by atoms with van der Waals surface area (Å²) in [7, 11) is 0. The predicted octanol–water partition coefficient (Wildman–Crippen LogP) is 4.97. The Labute approximate surface area is 172 Å². The second-order valence-corrected chi connectivity index (χ2v) is 7.90. The van der Waals surface area contributed by atoms with E-state index >= 15 is 0 Å². The lowest BCUT2D eigenvalue weighted by molar-refractivity contribution is -0.118. The molecule has 0 spiro atoms. The summed E-state index contributed by atoms with van der Waals surface area (Å²) in [5.41, 5.74) is 3.98. The molecule has 0 aliphatic carbocycles. The van der Waals surface area contributed by atoms with E-state index in [9.17, 15) is 14.0 Å². The van der Waals surface area contributed by atoms with Gasteiger partial charge in [-0.25, -0.2) is 4.39 Å². The first-order valence-corrected chi connectivity index (χ1v) is 10.0. The molecule has 1 atom stereocenters. The summed E-state index contributed by atoms with van der Waals surface area (Å²) in [6.07, 6.45) is 0.507. The fourth-order valence-corrected chi connectivity index (χ4v) is 3.93. The maximum absolute atomic E-state index is 13.0. The van der Waals surface area contributed by atoms with Crippen molar-refractivity contribution < 1.29 is 18.7 Å². The molecule has 3 aromatic carbocycles. The number of carbonyl (C=O) groups is 2. The Hall–Kier alpha value is -3.12. The largest absolute Gasteiger partial charge is 0.489 e. The second-order valence-electron chi connectivity index (χ2n) is 6.72. The molecule has 3 aromatic rings. The molecule has 1 heterocycles. The van der Waals surface area contributed by atoms with Gasteiger partial charge in [-0.1, -0.05) is 60.3 Å². The third kappa shape index (κ3) is 4.84. The zero-order valence-corrected chi connectivity index (χ0v) is 16.2. The van der Waals surface area contributed by atoms with Gasteiger partial charge in [-0.2, -0.15) is 0 Å². The van der Waals surface area contributed by atoms with Gasteiger partial charge in [-0.3, -0.25) is 14.9 Å². The minimum atomic E-state index is -0.367. The molecule has 1 saturated heterocycles. The summed E-state index contributed by atoms with van der Waals surface area (Å²) in [6.45, 7) is 0.429. The lowest BCUT2D eigenvalue weighted by Gasteiger charge is -2.09. The van der Waals surface area contributed by atoms with Crippen molar-refractivity contribution in [2.75, 3.05) is 0 Å². The lowest BCUT2D eigenvalue weighted by atomic mass is 10.0. The number of nitrogens with one attached hydrogen (secondary N) is 1. The monoisotopic (exact) mass is 407 g/mol. The molecule has 1 unspecified atom stereocenters. The van der Waals surface area contributed by atoms with Crippen molar-refractivity contribution in [3.8, 4) is 16.9 Å². The molecule has 29 heavy (non-hydrogen) atoms. The van der Waals surface area contributed by atoms with E-state index in [1.54, 1.807) is 12.1 Å². The third-order valence-electron chi connectivity index (χ3n) is 4.65. The number of imide groups is 1. The van der Waals surface area contributed by atoms with Crippen molar-refractivity contribution in [3.05, 3.63) is 89.7 Å². The summed E-state index contributed by atoms with van der Waals surface area (Å²) in [5.74, 6) is 0.254. The quantitative estimate of drug-likeness (QED) is 0.627. The first-order valence-electron chi connectivity index (χ1n) is 9.15. The molecule has 1 N–H and O–H groups in total. The van der Waals surface area contributed by atoms with Crippen LogP contribution in [0.5, 0.6) is 5.75 Å². The number of hydrogen-bond acceptors (Lipinski definition) is 4. The number of thioether (sulfide) groups is 1. The molecule has 146 valence electrons. The number of ether oxygens (including phenoxy) is 1. The zero-order valence-electron chi connectivity index (χ0n) is 15.4. The van der Waals surface area contributed by atoms with E-state index in [1.807, 2.05) is 48.5 Å². The smallest absolute Gasteiger partial charge is 0.286 e. The standard InChI is InChI=1S/C23H18FNO3S/c24-19-9-7-18(8-10-19)17-5-1-16(2-6-17)14-28-20-11-3-15(4-12-20)13-21-22(26)25-23(27)29-21/h1-12,21H,13-14H2,(H,25,26,27). The van der Waals surface area contributed by atoms with Crippen LogP contribution in [0.4, 0.5) is 9.18 Å². The Kier molecular flexibility index (Phi) is 5.62. The van der Waals surface area contributed by atoms with Crippen LogP contribution >= 0.6 is 11.8 Å². The Morgan fingerprint density at radius 1 is 0.828 bits per heavy atom. The van der Waals surface area contributed by atoms with Gasteiger partial charge < -0.3 is 4.74 Å². The van der Waals surface area contributed by atoms with Crippen molar-refractivity contribution in [2.24, 2.45) is 0 Å². The van der Waals surface area contributed by atoms with Gasteiger partial charge in [0.1, 0.15) is 18.2 Å². The highest BCUT2D eigenvalue weighted by molar-refractivity contribution is 8.15. The number of amides is 2. The lowest BCUT2D eigenvalue weighted by Crippen LogP contribution is -2.25. The third-order valence-corrected chi connectivity index (χ3v) is 5.63. The topological polar surface area (TPSA) is 55.4 Å². The van der Waals surface area contributed by atoms with Crippen molar-refractivity contribution >= 4 is 22.9 Å². The van der Waals surface area contributed by atoms with E-state index in [-0.39, 0.29) is 22.2 Å². The molecule has 0 aromatic heterocycles. The molecule has 0 saturated carbocycles. The zero-order chi connectivity index (χ0) is 20.2. The van der Waals surface area contributed by atoms with Crippen molar-refractivity contribution in [1.82, 2.24) is 5.32 Å². The molecule has 1 aliphatic heterocycles. The molecule has 6 heteroatoms. The summed E-state index contributed by atoms with van der Waals surface area (Å²) in [5, 5.41) is 1.64. The van der Waals surface area contributed by atoms with Crippen molar-refractivity contribution in [3.63, 3.8) is 0 Å². The Bertz CT molecular complexity index is 1020. The Balaban J connectivity index is 1.32. The molecule has 0 bridgehead atoms. The predicted molar refractivity (Wildman–Crippen MR) is 111 cm³/mol. The molecule has 1 fully saturated rings. The van der Waals surface area contributed by atoms with Crippen molar-refractivity contribution in [1.29, 1.82) is 0 Å². The van der Waals surface area contributed by atoms with Gasteiger partial charge >= 0.3 is 0 Å². The molecule has 1 aliphatic rings. The van der Waals surface area contributed by atoms with Crippen molar-refractivity contribution in [2.45, 2.75) is 18.3 Å². The average Bonchev–Trinajstić information content (AvgIpc) is 3.05. The van der Waals surface area contributed by atoms with Crippen LogP contribution in [0.25, 0.3) is 11.1 Å². The highest BCUT2D eigenvalue weighted by Crippen LogP contribution is 2.24. The fourth-order valence-electron chi connectivity index (χ4n) is 3.07. The first kappa shape index (κ1) is 19.2. The van der Waals surface area contributed by atoms with E-state index < -0.39 is 0 Å². The van der Waals surface area contributed by atoms with E-state index in [1.165, 1.54) is 12.1 Å². The van der Waals surface area contributed by atoms with Gasteiger partial charge in [-0.15, -0.1) is 0 Å². The summed E-state index contributed by atoms with van der Waals surface area (Å²) >= 11 is 1.03. The van der Waals surface area contributed by atoms with Crippen LogP contribution in [0, 0.1) is 5.82 Å². The number of hydrogen-bond donors (Lipinski definition) is 1. The number of carbonyl (C=O) groups excluding carboxylic acids is 2. The molecule has 0 radical (unpaired) electrons. The van der Waals surface area contributed by atoms with Gasteiger partial charge in [0.2, 0.25) is 5.91 Å². The maximum atomic E-state index is 13.0. The van der Waals surface area contributed by atoms with Crippen LogP contribution in [0.3, 0.4) is 0 Å². The van der Waals surface area contributed by atoms with Gasteiger partial charge in [0.05, 0.1) is 5.25 Å². The minimum Gasteiger partial charge on any atom is -0.489 e. The van der Waals surface area contributed by atoms with Crippen LogP contribution in [0.2, 0.25) is 0 Å². The van der Waals surface area contributed by atoms with Crippen LogP contribution in [-0.2, 0) is 17.8 Å². The number of halogens is 1. The molecule has 2 amide bonds. The molecule has 4 nitrogen and oxygen atoms in total. The highest BCUT2D eigenvalue weighted by atomic mass is 32.2.